The summed E-state index contributed by atoms with van der Waals surface area (Å²) in [5.41, 5.74) is 0. The van der Waals surface area contributed by atoms with Gasteiger partial charge < -0.3 is 4.90 Å². The normalized spacial score (nSPS) is 26.6. The van der Waals surface area contributed by atoms with E-state index in [1.165, 1.54) is 0 Å². The Balaban J connectivity index is 2.53. The molecule has 3 nitrogen and oxygen atoms in total. The molecule has 48 valence electrons. The van der Waals surface area contributed by atoms with E-state index < -0.39 is 0 Å². The Hall–Kier alpha value is -0.950. The number of rotatable bonds is 1. The summed E-state index contributed by atoms with van der Waals surface area (Å²) in [6.45, 7) is 0.544. The van der Waals surface area contributed by atoms with Crippen LogP contribution < -0.4 is 0 Å². The standard InChI is InChI=1S/C6H8NO2/c1-7-3-5(4-8)2-6(7)9/h5H,2-3H2,1H3/q+1. The van der Waals surface area contributed by atoms with Gasteiger partial charge in [0.15, 0.2) is 0 Å². The highest BCUT2D eigenvalue weighted by Gasteiger charge is 2.35. The van der Waals surface area contributed by atoms with Crippen LogP contribution in [0.2, 0.25) is 0 Å². The Morgan fingerprint density at radius 2 is 2.44 bits per heavy atom. The second-order valence-electron chi connectivity index (χ2n) is 2.29. The fraction of sp³-hybridized carbons (Fsp3) is 0.667. The molecule has 1 aliphatic heterocycles. The number of nitrogens with zero attached hydrogens (tertiary/aromatic N) is 1. The number of amides is 1. The third kappa shape index (κ3) is 1.06. The highest BCUT2D eigenvalue weighted by molar-refractivity contribution is 5.82. The lowest BCUT2D eigenvalue weighted by molar-refractivity contribution is -0.126. The Morgan fingerprint density at radius 1 is 1.78 bits per heavy atom. The minimum absolute atomic E-state index is 0.0448. The Labute approximate surface area is 53.6 Å². The van der Waals surface area contributed by atoms with Gasteiger partial charge in [0.2, 0.25) is 5.91 Å². The zero-order chi connectivity index (χ0) is 6.85. The quantitative estimate of drug-likeness (QED) is 0.447. The van der Waals surface area contributed by atoms with Crippen LogP contribution in [0.4, 0.5) is 0 Å². The van der Waals surface area contributed by atoms with Crippen LogP contribution in [0.5, 0.6) is 0 Å². The van der Waals surface area contributed by atoms with Crippen LogP contribution in [-0.2, 0) is 9.59 Å². The first-order valence-electron chi connectivity index (χ1n) is 2.85. The van der Waals surface area contributed by atoms with E-state index in [0.29, 0.717) is 13.0 Å². The molecule has 0 aromatic carbocycles. The third-order valence-electron chi connectivity index (χ3n) is 1.51. The maximum Gasteiger partial charge on any atom is 0.512 e. The fourth-order valence-corrected chi connectivity index (χ4v) is 0.943. The van der Waals surface area contributed by atoms with Gasteiger partial charge in [-0.2, -0.15) is 0 Å². The molecule has 0 N–H and O–H groups in total. The maximum absolute atomic E-state index is 10.7. The molecule has 0 bridgehead atoms. The van der Waals surface area contributed by atoms with Crippen molar-refractivity contribution >= 4 is 12.2 Å². The summed E-state index contributed by atoms with van der Waals surface area (Å²) in [6.07, 6.45) is 2.16. The minimum atomic E-state index is -0.178. The van der Waals surface area contributed by atoms with Crippen LogP contribution in [0, 0.1) is 5.92 Å². The van der Waals surface area contributed by atoms with Crippen LogP contribution in [0.15, 0.2) is 0 Å². The van der Waals surface area contributed by atoms with E-state index in [0.717, 1.165) is 0 Å². The molecule has 1 saturated heterocycles. The fourth-order valence-electron chi connectivity index (χ4n) is 0.943. The molecule has 0 aromatic heterocycles. The first kappa shape index (κ1) is 6.17. The average molecular weight is 126 g/mol. The van der Waals surface area contributed by atoms with Gasteiger partial charge in [-0.25, -0.2) is 0 Å². The van der Waals surface area contributed by atoms with Crippen molar-refractivity contribution in [2.75, 3.05) is 13.6 Å². The molecule has 0 aliphatic carbocycles. The van der Waals surface area contributed by atoms with Crippen molar-refractivity contribution < 1.29 is 9.59 Å². The van der Waals surface area contributed by atoms with Gasteiger partial charge in [-0.3, -0.25) is 4.79 Å². The number of carbonyl (C=O) groups excluding carboxylic acids is 2. The predicted octanol–water partition coefficient (Wildman–Crippen LogP) is -0.426. The number of hydrogen-bond donors (Lipinski definition) is 0. The van der Waals surface area contributed by atoms with Crippen LogP contribution >= 0.6 is 0 Å². The van der Waals surface area contributed by atoms with Crippen LogP contribution in [0.25, 0.3) is 0 Å². The summed E-state index contributed by atoms with van der Waals surface area (Å²) < 4.78 is 0. The van der Waals surface area contributed by atoms with Crippen LogP contribution in [-0.4, -0.2) is 30.7 Å². The van der Waals surface area contributed by atoms with Crippen molar-refractivity contribution in [1.82, 2.24) is 4.90 Å². The number of hydrogen-bond acceptors (Lipinski definition) is 2. The van der Waals surface area contributed by atoms with Crippen molar-refractivity contribution in [3.05, 3.63) is 0 Å². The molecule has 0 saturated carbocycles. The summed E-state index contributed by atoms with van der Waals surface area (Å²) in [5, 5.41) is 0. The van der Waals surface area contributed by atoms with E-state index in [9.17, 15) is 9.59 Å². The van der Waals surface area contributed by atoms with E-state index in [-0.39, 0.29) is 11.8 Å². The first-order chi connectivity index (χ1) is 4.24. The Morgan fingerprint density at radius 3 is 2.67 bits per heavy atom. The summed E-state index contributed by atoms with van der Waals surface area (Å²) in [4.78, 5) is 22.2. The molecular formula is C6H8NO2+. The van der Waals surface area contributed by atoms with E-state index in [1.54, 1.807) is 11.9 Å². The van der Waals surface area contributed by atoms with Gasteiger partial charge in [-0.15, -0.1) is 0 Å². The summed E-state index contributed by atoms with van der Waals surface area (Å²) in [6, 6.07) is 0. The maximum atomic E-state index is 10.7. The molecule has 0 spiro atoms. The van der Waals surface area contributed by atoms with Crippen molar-refractivity contribution in [2.24, 2.45) is 5.92 Å². The van der Waals surface area contributed by atoms with Gasteiger partial charge in [0, 0.05) is 11.8 Å². The molecule has 1 fully saturated rings. The summed E-state index contributed by atoms with van der Waals surface area (Å²) in [7, 11) is 1.69. The van der Waals surface area contributed by atoms with Crippen LogP contribution in [0.3, 0.4) is 0 Å². The molecule has 1 rings (SSSR count). The highest BCUT2D eigenvalue weighted by atomic mass is 16.2. The number of carbonyl (C=O) groups is 1. The zero-order valence-corrected chi connectivity index (χ0v) is 5.26. The third-order valence-corrected chi connectivity index (χ3v) is 1.51. The SMILES string of the molecule is CN1CC([C+]=O)CC1=O. The molecule has 1 heterocycles. The van der Waals surface area contributed by atoms with Crippen LogP contribution in [0.1, 0.15) is 6.42 Å². The van der Waals surface area contributed by atoms with Gasteiger partial charge in [0.1, 0.15) is 0 Å². The monoisotopic (exact) mass is 126 g/mol. The lowest BCUT2D eigenvalue weighted by Gasteiger charge is -2.02. The molecule has 9 heavy (non-hydrogen) atoms. The smallest absolute Gasteiger partial charge is 0.340 e. The van der Waals surface area contributed by atoms with E-state index in [1.807, 2.05) is 6.29 Å². The molecule has 0 radical (unpaired) electrons. The van der Waals surface area contributed by atoms with Gasteiger partial charge in [0.05, 0.1) is 13.0 Å². The number of likely N-dealkylation sites (tertiary alicyclic amines) is 1. The van der Waals surface area contributed by atoms with Crippen molar-refractivity contribution in [2.45, 2.75) is 6.42 Å². The predicted molar refractivity (Wildman–Crippen MR) is 31.4 cm³/mol. The zero-order valence-electron chi connectivity index (χ0n) is 5.26. The summed E-state index contributed by atoms with van der Waals surface area (Å²) >= 11 is 0. The largest absolute Gasteiger partial charge is 0.512 e. The molecule has 3 heteroatoms. The van der Waals surface area contributed by atoms with Gasteiger partial charge in [0.25, 0.3) is 5.92 Å². The van der Waals surface area contributed by atoms with Crippen molar-refractivity contribution in [1.29, 1.82) is 0 Å². The first-order valence-corrected chi connectivity index (χ1v) is 2.85. The molecule has 1 amide bonds. The van der Waals surface area contributed by atoms with E-state index in [2.05, 4.69) is 0 Å². The lowest BCUT2D eigenvalue weighted by atomic mass is 10.1. The van der Waals surface area contributed by atoms with Gasteiger partial charge >= 0.3 is 6.29 Å². The summed E-state index contributed by atoms with van der Waals surface area (Å²) in [5.74, 6) is -0.133. The molecule has 0 aromatic rings. The minimum Gasteiger partial charge on any atom is -0.340 e. The second kappa shape index (κ2) is 2.11. The van der Waals surface area contributed by atoms with E-state index in [4.69, 9.17) is 0 Å². The Bertz CT molecular complexity index is 144. The average Bonchev–Trinajstić information content (AvgIpc) is 2.13. The van der Waals surface area contributed by atoms with E-state index >= 15 is 0 Å². The molecule has 1 aliphatic rings. The van der Waals surface area contributed by atoms with Gasteiger partial charge in [-0.1, -0.05) is 0 Å². The Kier molecular flexibility index (Phi) is 1.45. The highest BCUT2D eigenvalue weighted by Crippen LogP contribution is 2.12. The lowest BCUT2D eigenvalue weighted by Crippen LogP contribution is -2.19. The molecular weight excluding hydrogens is 118 g/mol. The van der Waals surface area contributed by atoms with Crippen molar-refractivity contribution in [3.63, 3.8) is 0 Å². The van der Waals surface area contributed by atoms with Gasteiger partial charge in [-0.05, 0) is 0 Å². The molecule has 1 unspecified atom stereocenters. The second-order valence-corrected chi connectivity index (χ2v) is 2.29. The van der Waals surface area contributed by atoms with Crippen molar-refractivity contribution in [3.8, 4) is 0 Å². The molecule has 1 atom stereocenters. The topological polar surface area (TPSA) is 37.4 Å².